The Morgan fingerprint density at radius 2 is 2.09 bits per heavy atom. The Kier molecular flexibility index (Phi) is 3.28. The Morgan fingerprint density at radius 1 is 1.17 bits per heavy atom. The van der Waals surface area contributed by atoms with Gasteiger partial charge in [0.25, 0.3) is 0 Å². The van der Waals surface area contributed by atoms with Crippen LogP contribution in [-0.4, -0.2) is 20.8 Å². The molecule has 0 bridgehead atoms. The van der Waals surface area contributed by atoms with Crippen LogP contribution in [0.15, 0.2) is 54.0 Å². The molecule has 0 atom stereocenters. The Bertz CT molecular complexity index is 1000. The first-order valence-corrected chi connectivity index (χ1v) is 8.09. The number of hydrogen-bond acceptors (Lipinski definition) is 4. The number of benzene rings is 2. The number of carbonyl (C=O) groups excluding carboxylic acids is 1. The van der Waals surface area contributed by atoms with Gasteiger partial charge in [-0.3, -0.25) is 9.36 Å². The van der Waals surface area contributed by atoms with Crippen LogP contribution in [0.3, 0.4) is 0 Å². The molecule has 0 saturated carbocycles. The Hall–Kier alpha value is -2.79. The van der Waals surface area contributed by atoms with Crippen molar-refractivity contribution < 1.29 is 4.79 Å². The molecule has 0 N–H and O–H groups in total. The zero-order chi connectivity index (χ0) is 15.8. The van der Waals surface area contributed by atoms with Gasteiger partial charge in [-0.05, 0) is 37.3 Å². The lowest BCUT2D eigenvalue weighted by Gasteiger charge is -2.08. The SMILES string of the molecule is Cc1nc2cc(C=O)ccc2n1-c1cccc(-c2nccs2)c1. The van der Waals surface area contributed by atoms with Crippen molar-refractivity contribution in [3.05, 3.63) is 65.4 Å². The topological polar surface area (TPSA) is 47.8 Å². The van der Waals surface area contributed by atoms with Gasteiger partial charge in [0, 0.05) is 28.4 Å². The highest BCUT2D eigenvalue weighted by atomic mass is 32.1. The van der Waals surface area contributed by atoms with Gasteiger partial charge >= 0.3 is 0 Å². The molecule has 5 heteroatoms. The van der Waals surface area contributed by atoms with Gasteiger partial charge in [-0.2, -0.15) is 0 Å². The summed E-state index contributed by atoms with van der Waals surface area (Å²) >= 11 is 1.62. The maximum atomic E-state index is 10.9. The second kappa shape index (κ2) is 5.44. The smallest absolute Gasteiger partial charge is 0.150 e. The lowest BCUT2D eigenvalue weighted by molar-refractivity contribution is 0.112. The molecule has 0 aliphatic carbocycles. The summed E-state index contributed by atoms with van der Waals surface area (Å²) in [7, 11) is 0. The van der Waals surface area contributed by atoms with Gasteiger partial charge in [0.15, 0.2) is 0 Å². The fourth-order valence-corrected chi connectivity index (χ4v) is 3.40. The number of carbonyl (C=O) groups is 1. The van der Waals surface area contributed by atoms with E-state index in [0.29, 0.717) is 5.56 Å². The Morgan fingerprint density at radius 3 is 2.87 bits per heavy atom. The van der Waals surface area contributed by atoms with Crippen molar-refractivity contribution in [3.63, 3.8) is 0 Å². The average molecular weight is 319 g/mol. The number of aryl methyl sites for hydroxylation is 1. The van der Waals surface area contributed by atoms with Crippen molar-refractivity contribution in [1.82, 2.24) is 14.5 Å². The fraction of sp³-hybridized carbons (Fsp3) is 0.0556. The van der Waals surface area contributed by atoms with Crippen molar-refractivity contribution in [2.24, 2.45) is 0 Å². The van der Waals surface area contributed by atoms with Crippen LogP contribution < -0.4 is 0 Å². The summed E-state index contributed by atoms with van der Waals surface area (Å²) in [5.74, 6) is 0.888. The summed E-state index contributed by atoms with van der Waals surface area (Å²) in [4.78, 5) is 19.9. The highest BCUT2D eigenvalue weighted by molar-refractivity contribution is 7.13. The van der Waals surface area contributed by atoms with Crippen LogP contribution in [0.5, 0.6) is 0 Å². The van der Waals surface area contributed by atoms with Crippen LogP contribution in [0.2, 0.25) is 0 Å². The minimum Gasteiger partial charge on any atom is -0.298 e. The van der Waals surface area contributed by atoms with Gasteiger partial charge in [0.05, 0.1) is 11.0 Å². The summed E-state index contributed by atoms with van der Waals surface area (Å²) < 4.78 is 2.10. The third kappa shape index (κ3) is 2.35. The minimum absolute atomic E-state index is 0.638. The molecule has 112 valence electrons. The second-order valence-electron chi connectivity index (χ2n) is 5.25. The minimum atomic E-state index is 0.638. The summed E-state index contributed by atoms with van der Waals surface area (Å²) in [6.07, 6.45) is 2.66. The lowest BCUT2D eigenvalue weighted by Crippen LogP contribution is -1.97. The highest BCUT2D eigenvalue weighted by Crippen LogP contribution is 2.27. The van der Waals surface area contributed by atoms with E-state index in [4.69, 9.17) is 0 Å². The summed E-state index contributed by atoms with van der Waals surface area (Å²) in [5, 5.41) is 2.97. The molecule has 0 spiro atoms. The maximum absolute atomic E-state index is 10.9. The van der Waals surface area contributed by atoms with Gasteiger partial charge in [0.1, 0.15) is 17.1 Å². The van der Waals surface area contributed by atoms with E-state index in [-0.39, 0.29) is 0 Å². The number of imidazole rings is 1. The monoisotopic (exact) mass is 319 g/mol. The number of fused-ring (bicyclic) bond motifs is 1. The molecular weight excluding hydrogens is 306 g/mol. The normalized spacial score (nSPS) is 11.0. The number of thiazole rings is 1. The number of nitrogens with zero attached hydrogens (tertiary/aromatic N) is 3. The van der Waals surface area contributed by atoms with E-state index >= 15 is 0 Å². The standard InChI is InChI=1S/C18H13N3OS/c1-12-20-16-9-13(11-22)5-6-17(16)21(12)15-4-2-3-14(10-15)18-19-7-8-23-18/h2-11H,1H3. The summed E-state index contributed by atoms with van der Waals surface area (Å²) in [5.41, 5.74) is 4.58. The molecule has 4 nitrogen and oxygen atoms in total. The number of aromatic nitrogens is 3. The number of hydrogen-bond donors (Lipinski definition) is 0. The molecule has 0 radical (unpaired) electrons. The van der Waals surface area contributed by atoms with Crippen molar-refractivity contribution >= 4 is 28.7 Å². The second-order valence-corrected chi connectivity index (χ2v) is 6.14. The van der Waals surface area contributed by atoms with Crippen LogP contribution in [0.1, 0.15) is 16.2 Å². The average Bonchev–Trinajstić information content (AvgIpc) is 3.21. The molecule has 0 aliphatic heterocycles. The van der Waals surface area contributed by atoms with Crippen molar-refractivity contribution in [3.8, 4) is 16.3 Å². The zero-order valence-corrected chi connectivity index (χ0v) is 13.2. The third-order valence-corrected chi connectivity index (χ3v) is 4.59. The van der Waals surface area contributed by atoms with Gasteiger partial charge in [-0.25, -0.2) is 9.97 Å². The van der Waals surface area contributed by atoms with Crippen LogP contribution in [-0.2, 0) is 0 Å². The predicted octanol–water partition coefficient (Wildman–Crippen LogP) is 4.27. The Labute approximate surface area is 137 Å². The van der Waals surface area contributed by atoms with Crippen LogP contribution in [0.4, 0.5) is 0 Å². The molecule has 0 unspecified atom stereocenters. The molecule has 2 aromatic carbocycles. The lowest BCUT2D eigenvalue weighted by atomic mass is 10.2. The van der Waals surface area contributed by atoms with Crippen LogP contribution >= 0.6 is 11.3 Å². The highest BCUT2D eigenvalue weighted by Gasteiger charge is 2.11. The molecule has 0 fully saturated rings. The van der Waals surface area contributed by atoms with Crippen molar-refractivity contribution in [2.75, 3.05) is 0 Å². The first kappa shape index (κ1) is 13.8. The van der Waals surface area contributed by atoms with E-state index in [1.165, 1.54) is 0 Å². The molecule has 4 aromatic rings. The van der Waals surface area contributed by atoms with Crippen LogP contribution in [0.25, 0.3) is 27.3 Å². The molecule has 0 amide bonds. The molecule has 23 heavy (non-hydrogen) atoms. The van der Waals surface area contributed by atoms with Crippen LogP contribution in [0, 0.1) is 6.92 Å². The molecule has 2 aromatic heterocycles. The Balaban J connectivity index is 1.91. The van der Waals surface area contributed by atoms with E-state index in [0.717, 1.165) is 39.4 Å². The van der Waals surface area contributed by atoms with Gasteiger partial charge in [-0.1, -0.05) is 12.1 Å². The van der Waals surface area contributed by atoms with E-state index in [9.17, 15) is 4.79 Å². The van der Waals surface area contributed by atoms with E-state index in [1.807, 2.05) is 42.8 Å². The first-order chi connectivity index (χ1) is 11.3. The largest absolute Gasteiger partial charge is 0.298 e. The first-order valence-electron chi connectivity index (χ1n) is 7.21. The fourth-order valence-electron chi connectivity index (χ4n) is 2.76. The number of rotatable bonds is 3. The molecule has 4 rings (SSSR count). The quantitative estimate of drug-likeness (QED) is 0.530. The summed E-state index contributed by atoms with van der Waals surface area (Å²) in [6, 6.07) is 13.8. The molecule has 0 saturated heterocycles. The maximum Gasteiger partial charge on any atom is 0.150 e. The molecule has 0 aliphatic rings. The predicted molar refractivity (Wildman–Crippen MR) is 92.3 cm³/mol. The zero-order valence-electron chi connectivity index (χ0n) is 12.4. The third-order valence-electron chi connectivity index (χ3n) is 3.77. The van der Waals surface area contributed by atoms with E-state index in [1.54, 1.807) is 11.3 Å². The molecule has 2 heterocycles. The van der Waals surface area contributed by atoms with Gasteiger partial charge < -0.3 is 0 Å². The molecular formula is C18H13N3OS. The number of aldehydes is 1. The van der Waals surface area contributed by atoms with E-state index in [2.05, 4.69) is 32.7 Å². The van der Waals surface area contributed by atoms with Crippen molar-refractivity contribution in [2.45, 2.75) is 6.92 Å². The van der Waals surface area contributed by atoms with Crippen molar-refractivity contribution in [1.29, 1.82) is 0 Å². The van der Waals surface area contributed by atoms with E-state index < -0.39 is 0 Å². The van der Waals surface area contributed by atoms with Gasteiger partial charge in [0.2, 0.25) is 0 Å². The van der Waals surface area contributed by atoms with Gasteiger partial charge in [-0.15, -0.1) is 11.3 Å². The summed E-state index contributed by atoms with van der Waals surface area (Å²) in [6.45, 7) is 1.97.